The van der Waals surface area contributed by atoms with Crippen LogP contribution in [0, 0.1) is 0 Å². The zero-order valence-corrected chi connectivity index (χ0v) is 9.98. The van der Waals surface area contributed by atoms with E-state index in [0.29, 0.717) is 6.04 Å². The zero-order valence-electron chi connectivity index (χ0n) is 9.98. The van der Waals surface area contributed by atoms with Crippen LogP contribution in [0.2, 0.25) is 0 Å². The Balaban J connectivity index is 1.94. The Labute approximate surface area is 100 Å². The number of H-pyrrole nitrogens is 1. The summed E-state index contributed by atoms with van der Waals surface area (Å²) in [5.74, 6) is 1.02. The summed E-state index contributed by atoms with van der Waals surface area (Å²) >= 11 is 0. The maximum absolute atomic E-state index is 4.42. The van der Waals surface area contributed by atoms with Gasteiger partial charge in [0.2, 0.25) is 0 Å². The number of hydrogen-bond donors (Lipinski definition) is 2. The smallest absolute Gasteiger partial charge is 0.142 e. The summed E-state index contributed by atoms with van der Waals surface area (Å²) in [6.45, 7) is 2.17. The lowest BCUT2D eigenvalue weighted by molar-refractivity contribution is 0.444. The Kier molecular flexibility index (Phi) is 2.68. The van der Waals surface area contributed by atoms with E-state index in [1.807, 2.05) is 12.3 Å². The van der Waals surface area contributed by atoms with Gasteiger partial charge in [-0.25, -0.2) is 9.97 Å². The number of aromatic nitrogens is 3. The summed E-state index contributed by atoms with van der Waals surface area (Å²) < 4.78 is 0. The van der Waals surface area contributed by atoms with E-state index in [1.54, 1.807) is 6.33 Å². The highest BCUT2D eigenvalue weighted by Crippen LogP contribution is 2.24. The van der Waals surface area contributed by atoms with Gasteiger partial charge in [-0.3, -0.25) is 0 Å². The van der Waals surface area contributed by atoms with Crippen molar-refractivity contribution >= 4 is 16.9 Å². The Morgan fingerprint density at radius 1 is 1.41 bits per heavy atom. The number of anilines is 1. The molecule has 1 fully saturated rings. The molecule has 0 aromatic carbocycles. The van der Waals surface area contributed by atoms with Crippen LogP contribution in [0.25, 0.3) is 11.0 Å². The molecule has 0 saturated carbocycles. The summed E-state index contributed by atoms with van der Waals surface area (Å²) in [5.41, 5.74) is 0.908. The minimum Gasteiger partial charge on any atom is -0.355 e. The van der Waals surface area contributed by atoms with Crippen LogP contribution in [0.1, 0.15) is 12.8 Å². The quantitative estimate of drug-likeness (QED) is 0.814. The molecule has 2 aromatic rings. The highest BCUT2D eigenvalue weighted by molar-refractivity contribution is 5.87. The van der Waals surface area contributed by atoms with Gasteiger partial charge in [0.1, 0.15) is 17.8 Å². The molecule has 90 valence electrons. The van der Waals surface area contributed by atoms with E-state index in [1.165, 1.54) is 12.8 Å². The second-order valence-corrected chi connectivity index (χ2v) is 4.55. The Morgan fingerprint density at radius 2 is 2.35 bits per heavy atom. The third-order valence-corrected chi connectivity index (χ3v) is 3.49. The monoisotopic (exact) mass is 231 g/mol. The van der Waals surface area contributed by atoms with Crippen LogP contribution >= 0.6 is 0 Å². The van der Waals surface area contributed by atoms with Gasteiger partial charge in [0.25, 0.3) is 0 Å². The summed E-state index contributed by atoms with van der Waals surface area (Å²) in [6, 6.07) is 2.56. The molecule has 5 heteroatoms. The molecule has 1 aliphatic rings. The fourth-order valence-corrected chi connectivity index (χ4v) is 2.48. The molecule has 17 heavy (non-hydrogen) atoms. The van der Waals surface area contributed by atoms with E-state index in [2.05, 4.69) is 32.2 Å². The Morgan fingerprint density at radius 3 is 3.18 bits per heavy atom. The van der Waals surface area contributed by atoms with Gasteiger partial charge in [-0.15, -0.1) is 0 Å². The van der Waals surface area contributed by atoms with Crippen molar-refractivity contribution in [1.82, 2.24) is 20.3 Å². The predicted octanol–water partition coefficient (Wildman–Crippen LogP) is 1.15. The molecule has 0 radical (unpaired) electrons. The first-order valence-corrected chi connectivity index (χ1v) is 6.08. The van der Waals surface area contributed by atoms with Crippen LogP contribution in [0.3, 0.4) is 0 Å². The van der Waals surface area contributed by atoms with Gasteiger partial charge < -0.3 is 15.2 Å². The van der Waals surface area contributed by atoms with Crippen molar-refractivity contribution in [2.45, 2.75) is 18.9 Å². The van der Waals surface area contributed by atoms with E-state index in [4.69, 9.17) is 0 Å². The molecule has 2 N–H and O–H groups in total. The van der Waals surface area contributed by atoms with Crippen molar-refractivity contribution in [3.8, 4) is 0 Å². The number of aromatic amines is 1. The standard InChI is InChI=1S/C12H17N5/c1-17(9-3-2-5-13-7-9)12-10-4-6-14-11(10)15-8-16-12/h4,6,8-9,13H,2-3,5,7H2,1H3,(H,14,15,16)/t9-/m1/s1. The van der Waals surface area contributed by atoms with Crippen LogP contribution in [-0.2, 0) is 0 Å². The maximum atomic E-state index is 4.42. The van der Waals surface area contributed by atoms with E-state index < -0.39 is 0 Å². The predicted molar refractivity (Wildman–Crippen MR) is 68.2 cm³/mol. The number of fused-ring (bicyclic) bond motifs is 1. The maximum Gasteiger partial charge on any atom is 0.142 e. The van der Waals surface area contributed by atoms with Crippen LogP contribution in [0.4, 0.5) is 5.82 Å². The molecule has 5 nitrogen and oxygen atoms in total. The number of rotatable bonds is 2. The average Bonchev–Trinajstić information content (AvgIpc) is 2.87. The van der Waals surface area contributed by atoms with Crippen molar-refractivity contribution in [3.63, 3.8) is 0 Å². The third kappa shape index (κ3) is 1.86. The van der Waals surface area contributed by atoms with Crippen molar-refractivity contribution in [3.05, 3.63) is 18.6 Å². The molecule has 1 aliphatic heterocycles. The number of nitrogens with one attached hydrogen (secondary N) is 2. The minimum absolute atomic E-state index is 0.525. The van der Waals surface area contributed by atoms with Gasteiger partial charge in [-0.2, -0.15) is 0 Å². The third-order valence-electron chi connectivity index (χ3n) is 3.49. The lowest BCUT2D eigenvalue weighted by Crippen LogP contribution is -2.44. The van der Waals surface area contributed by atoms with E-state index in [9.17, 15) is 0 Å². The molecule has 0 bridgehead atoms. The van der Waals surface area contributed by atoms with E-state index in [0.717, 1.165) is 29.9 Å². The van der Waals surface area contributed by atoms with Gasteiger partial charge in [-0.1, -0.05) is 0 Å². The summed E-state index contributed by atoms with van der Waals surface area (Å²) in [6.07, 6.45) is 5.99. The van der Waals surface area contributed by atoms with Crippen molar-refractivity contribution in [1.29, 1.82) is 0 Å². The zero-order chi connectivity index (χ0) is 11.7. The second kappa shape index (κ2) is 4.33. The molecule has 1 saturated heterocycles. The molecular weight excluding hydrogens is 214 g/mol. The van der Waals surface area contributed by atoms with Gasteiger partial charge in [0.15, 0.2) is 0 Å². The van der Waals surface area contributed by atoms with Crippen LogP contribution in [0.5, 0.6) is 0 Å². The molecule has 3 heterocycles. The summed E-state index contributed by atoms with van der Waals surface area (Å²) in [4.78, 5) is 14.0. The van der Waals surface area contributed by atoms with Gasteiger partial charge >= 0.3 is 0 Å². The van der Waals surface area contributed by atoms with Gasteiger partial charge in [0, 0.05) is 25.8 Å². The van der Waals surface area contributed by atoms with Crippen molar-refractivity contribution < 1.29 is 0 Å². The highest BCUT2D eigenvalue weighted by Gasteiger charge is 2.20. The number of hydrogen-bond acceptors (Lipinski definition) is 4. The van der Waals surface area contributed by atoms with Crippen LogP contribution in [-0.4, -0.2) is 41.1 Å². The van der Waals surface area contributed by atoms with Crippen molar-refractivity contribution in [2.75, 3.05) is 25.0 Å². The molecule has 2 aromatic heterocycles. The van der Waals surface area contributed by atoms with Crippen LogP contribution < -0.4 is 10.2 Å². The highest BCUT2D eigenvalue weighted by atomic mass is 15.2. The summed E-state index contributed by atoms with van der Waals surface area (Å²) in [7, 11) is 2.12. The molecule has 1 atom stereocenters. The lowest BCUT2D eigenvalue weighted by atomic mass is 10.1. The molecular formula is C12H17N5. The fourth-order valence-electron chi connectivity index (χ4n) is 2.48. The first-order chi connectivity index (χ1) is 8.36. The van der Waals surface area contributed by atoms with Crippen molar-refractivity contribution in [2.24, 2.45) is 0 Å². The lowest BCUT2D eigenvalue weighted by Gasteiger charge is -2.32. The SMILES string of the molecule is CN(c1ncnc2[nH]ccc12)[C@@H]1CCCNC1. The molecule has 0 spiro atoms. The second-order valence-electron chi connectivity index (χ2n) is 4.55. The Hall–Kier alpha value is -1.62. The summed E-state index contributed by atoms with van der Waals surface area (Å²) in [5, 5.41) is 4.53. The largest absolute Gasteiger partial charge is 0.355 e. The molecule has 0 aliphatic carbocycles. The van der Waals surface area contributed by atoms with Gasteiger partial charge in [-0.05, 0) is 25.5 Å². The Bertz CT molecular complexity index is 500. The number of piperidine rings is 1. The minimum atomic E-state index is 0.525. The fraction of sp³-hybridized carbons (Fsp3) is 0.500. The molecule has 0 unspecified atom stereocenters. The van der Waals surface area contributed by atoms with E-state index in [-0.39, 0.29) is 0 Å². The average molecular weight is 231 g/mol. The normalized spacial score (nSPS) is 20.6. The molecule has 3 rings (SSSR count). The van der Waals surface area contributed by atoms with E-state index >= 15 is 0 Å². The molecule has 0 amide bonds. The number of nitrogens with zero attached hydrogens (tertiary/aromatic N) is 3. The topological polar surface area (TPSA) is 56.8 Å². The van der Waals surface area contributed by atoms with Crippen LogP contribution in [0.15, 0.2) is 18.6 Å². The van der Waals surface area contributed by atoms with Gasteiger partial charge in [0.05, 0.1) is 5.39 Å². The number of likely N-dealkylation sites (N-methyl/N-ethyl adjacent to an activating group) is 1. The first-order valence-electron chi connectivity index (χ1n) is 6.08. The first kappa shape index (κ1) is 10.5.